The van der Waals surface area contributed by atoms with Crippen LogP contribution in [0.1, 0.15) is 11.1 Å². The van der Waals surface area contributed by atoms with Crippen LogP contribution in [-0.4, -0.2) is 15.9 Å². The van der Waals surface area contributed by atoms with Gasteiger partial charge in [-0.1, -0.05) is 53.7 Å². The monoisotopic (exact) mass is 250 g/mol. The number of nitrogens with one attached hydrogen (secondary N) is 1. The van der Waals surface area contributed by atoms with Crippen LogP contribution in [0.25, 0.3) is 10.9 Å². The molecule has 0 saturated carbocycles. The third-order valence-electron chi connectivity index (χ3n) is 3.24. The lowest BCUT2D eigenvalue weighted by molar-refractivity contribution is 0.318. The number of aromatic nitrogens is 1. The average molecular weight is 250 g/mol. The highest BCUT2D eigenvalue weighted by Gasteiger charge is 2.11. The minimum absolute atomic E-state index is 0.610. The quantitative estimate of drug-likeness (QED) is 0.416. The lowest BCUT2D eigenvalue weighted by atomic mass is 10.0. The van der Waals surface area contributed by atoms with Gasteiger partial charge >= 0.3 is 0 Å². The molecule has 1 aromatic heterocycles. The molecule has 1 heterocycles. The first-order valence-electron chi connectivity index (χ1n) is 6.20. The van der Waals surface area contributed by atoms with E-state index < -0.39 is 0 Å². The van der Waals surface area contributed by atoms with E-state index in [4.69, 9.17) is 0 Å². The van der Waals surface area contributed by atoms with Gasteiger partial charge in [0.25, 0.3) is 0 Å². The van der Waals surface area contributed by atoms with Gasteiger partial charge in [-0.15, -0.1) is 0 Å². The van der Waals surface area contributed by atoms with Crippen molar-refractivity contribution in [2.45, 2.75) is 6.42 Å². The van der Waals surface area contributed by atoms with Crippen LogP contribution in [0, 0.1) is 0 Å². The Morgan fingerprint density at radius 2 is 1.74 bits per heavy atom. The standard InChI is InChI=1S/C16H14N2O/c19-18-16(10-12-6-2-1-3-7-12)14-11-17-15-9-5-4-8-13(14)15/h1-9,11,17,19H,10H2/b18-16-. The maximum Gasteiger partial charge on any atom is 0.0932 e. The molecule has 0 bridgehead atoms. The molecule has 0 aliphatic heterocycles. The van der Waals surface area contributed by atoms with Crippen molar-refractivity contribution < 1.29 is 5.21 Å². The highest BCUT2D eigenvalue weighted by Crippen LogP contribution is 2.20. The molecule has 2 N–H and O–H groups in total. The number of rotatable bonds is 3. The molecule has 0 saturated heterocycles. The first-order chi connectivity index (χ1) is 9.38. The van der Waals surface area contributed by atoms with Gasteiger partial charge in [0.2, 0.25) is 0 Å². The molecule has 0 radical (unpaired) electrons. The summed E-state index contributed by atoms with van der Waals surface area (Å²) in [5.41, 5.74) is 3.79. The summed E-state index contributed by atoms with van der Waals surface area (Å²) < 4.78 is 0. The fourth-order valence-corrected chi connectivity index (χ4v) is 2.28. The summed E-state index contributed by atoms with van der Waals surface area (Å²) in [6, 6.07) is 18.0. The van der Waals surface area contributed by atoms with Crippen molar-refractivity contribution in [2.24, 2.45) is 5.16 Å². The Morgan fingerprint density at radius 3 is 2.53 bits per heavy atom. The molecule has 3 aromatic rings. The molecule has 0 unspecified atom stereocenters. The second-order valence-electron chi connectivity index (χ2n) is 4.46. The smallest absolute Gasteiger partial charge is 0.0932 e. The maximum absolute atomic E-state index is 9.29. The largest absolute Gasteiger partial charge is 0.411 e. The molecule has 94 valence electrons. The number of para-hydroxylation sites is 1. The highest BCUT2D eigenvalue weighted by molar-refractivity contribution is 6.11. The zero-order valence-electron chi connectivity index (χ0n) is 10.4. The third-order valence-corrected chi connectivity index (χ3v) is 3.24. The van der Waals surface area contributed by atoms with Crippen molar-refractivity contribution in [3.8, 4) is 0 Å². The van der Waals surface area contributed by atoms with Crippen LogP contribution in [0.3, 0.4) is 0 Å². The van der Waals surface area contributed by atoms with E-state index in [9.17, 15) is 5.21 Å². The number of nitrogens with zero attached hydrogens (tertiary/aromatic N) is 1. The molecule has 3 rings (SSSR count). The van der Waals surface area contributed by atoms with Crippen molar-refractivity contribution in [2.75, 3.05) is 0 Å². The number of aromatic amines is 1. The number of benzene rings is 2. The summed E-state index contributed by atoms with van der Waals surface area (Å²) in [5, 5.41) is 13.8. The number of H-pyrrole nitrogens is 1. The van der Waals surface area contributed by atoms with Crippen LogP contribution in [0.15, 0.2) is 65.9 Å². The Bertz CT molecular complexity index is 714. The van der Waals surface area contributed by atoms with Crippen LogP contribution >= 0.6 is 0 Å². The fourth-order valence-electron chi connectivity index (χ4n) is 2.28. The Hall–Kier alpha value is -2.55. The second kappa shape index (κ2) is 4.98. The van der Waals surface area contributed by atoms with Gasteiger partial charge in [0.05, 0.1) is 5.71 Å². The van der Waals surface area contributed by atoms with Gasteiger partial charge in [-0.25, -0.2) is 0 Å². The number of hydrogen-bond acceptors (Lipinski definition) is 2. The van der Waals surface area contributed by atoms with Crippen LogP contribution < -0.4 is 0 Å². The highest BCUT2D eigenvalue weighted by atomic mass is 16.4. The van der Waals surface area contributed by atoms with Crippen molar-refractivity contribution in [3.05, 3.63) is 71.9 Å². The molecule has 0 aliphatic carbocycles. The molecule has 19 heavy (non-hydrogen) atoms. The molecular weight excluding hydrogens is 236 g/mol. The van der Waals surface area contributed by atoms with Crippen molar-refractivity contribution in [1.82, 2.24) is 4.98 Å². The lowest BCUT2D eigenvalue weighted by Gasteiger charge is -2.03. The first kappa shape index (κ1) is 11.5. The Balaban J connectivity index is 1.99. The van der Waals surface area contributed by atoms with E-state index in [0.717, 1.165) is 22.0 Å². The summed E-state index contributed by atoms with van der Waals surface area (Å²) in [7, 11) is 0. The summed E-state index contributed by atoms with van der Waals surface area (Å²) in [6.07, 6.45) is 2.50. The van der Waals surface area contributed by atoms with Gasteiger partial charge in [-0.2, -0.15) is 0 Å². The molecule has 3 nitrogen and oxygen atoms in total. The third kappa shape index (κ3) is 2.22. The van der Waals surface area contributed by atoms with Gasteiger partial charge in [0, 0.05) is 29.1 Å². The minimum atomic E-state index is 0.610. The minimum Gasteiger partial charge on any atom is -0.411 e. The average Bonchev–Trinajstić information content (AvgIpc) is 2.90. The summed E-state index contributed by atoms with van der Waals surface area (Å²) in [6.45, 7) is 0. The van der Waals surface area contributed by atoms with Gasteiger partial charge in [0.1, 0.15) is 0 Å². The van der Waals surface area contributed by atoms with E-state index in [-0.39, 0.29) is 0 Å². The Labute approximate surface area is 111 Å². The molecule has 0 atom stereocenters. The summed E-state index contributed by atoms with van der Waals surface area (Å²) >= 11 is 0. The molecule has 3 heteroatoms. The van der Waals surface area contributed by atoms with Gasteiger partial charge in [-0.3, -0.25) is 0 Å². The van der Waals surface area contributed by atoms with Crippen molar-refractivity contribution in [1.29, 1.82) is 0 Å². The number of hydrogen-bond donors (Lipinski definition) is 2. The van der Waals surface area contributed by atoms with Gasteiger partial charge in [-0.05, 0) is 11.6 Å². The van der Waals surface area contributed by atoms with Crippen LogP contribution in [0.2, 0.25) is 0 Å². The lowest BCUT2D eigenvalue weighted by Crippen LogP contribution is -2.04. The normalized spacial score (nSPS) is 11.9. The van der Waals surface area contributed by atoms with E-state index >= 15 is 0 Å². The van der Waals surface area contributed by atoms with E-state index in [1.54, 1.807) is 0 Å². The molecule has 0 fully saturated rings. The van der Waals surface area contributed by atoms with E-state index in [1.165, 1.54) is 0 Å². The van der Waals surface area contributed by atoms with E-state index in [2.05, 4.69) is 10.1 Å². The molecular formula is C16H14N2O. The summed E-state index contributed by atoms with van der Waals surface area (Å²) in [5.74, 6) is 0. The van der Waals surface area contributed by atoms with Gasteiger partial charge < -0.3 is 10.2 Å². The fraction of sp³-hybridized carbons (Fsp3) is 0.0625. The maximum atomic E-state index is 9.29. The topological polar surface area (TPSA) is 48.4 Å². The van der Waals surface area contributed by atoms with Crippen LogP contribution in [0.4, 0.5) is 0 Å². The zero-order valence-corrected chi connectivity index (χ0v) is 10.4. The second-order valence-corrected chi connectivity index (χ2v) is 4.46. The molecule has 0 amide bonds. The first-order valence-corrected chi connectivity index (χ1v) is 6.20. The van der Waals surface area contributed by atoms with Crippen LogP contribution in [0.5, 0.6) is 0 Å². The molecule has 2 aromatic carbocycles. The van der Waals surface area contributed by atoms with E-state index in [1.807, 2.05) is 60.8 Å². The molecule has 0 aliphatic rings. The Kier molecular flexibility index (Phi) is 3.02. The molecule has 0 spiro atoms. The van der Waals surface area contributed by atoms with Crippen LogP contribution in [-0.2, 0) is 6.42 Å². The SMILES string of the molecule is O/N=C(/Cc1ccccc1)c1c[nH]c2ccccc12. The predicted octanol–water partition coefficient (Wildman–Crippen LogP) is 3.59. The number of oxime groups is 1. The van der Waals surface area contributed by atoms with E-state index in [0.29, 0.717) is 12.1 Å². The van der Waals surface area contributed by atoms with Gasteiger partial charge in [0.15, 0.2) is 0 Å². The zero-order chi connectivity index (χ0) is 13.1. The predicted molar refractivity (Wildman–Crippen MR) is 76.8 cm³/mol. The van der Waals surface area contributed by atoms with Crippen molar-refractivity contribution in [3.63, 3.8) is 0 Å². The number of fused-ring (bicyclic) bond motifs is 1. The summed E-state index contributed by atoms with van der Waals surface area (Å²) in [4.78, 5) is 3.20. The Morgan fingerprint density at radius 1 is 1.00 bits per heavy atom. The van der Waals surface area contributed by atoms with Crippen molar-refractivity contribution >= 4 is 16.6 Å².